The van der Waals surface area contributed by atoms with E-state index in [-0.39, 0.29) is 18.0 Å². The lowest BCUT2D eigenvalue weighted by atomic mass is 9.63. The van der Waals surface area contributed by atoms with Crippen molar-refractivity contribution in [3.8, 4) is 0 Å². The van der Waals surface area contributed by atoms with Crippen molar-refractivity contribution in [2.24, 2.45) is 11.3 Å². The van der Waals surface area contributed by atoms with Gasteiger partial charge in [-0.3, -0.25) is 4.79 Å². The zero-order chi connectivity index (χ0) is 13.8. The van der Waals surface area contributed by atoms with Crippen LogP contribution in [0.1, 0.15) is 33.6 Å². The van der Waals surface area contributed by atoms with Gasteiger partial charge in [-0.05, 0) is 32.6 Å². The number of hydrogen-bond donors (Lipinski definition) is 0. The summed E-state index contributed by atoms with van der Waals surface area (Å²) in [5.74, 6) is 0.0465. The smallest absolute Gasteiger partial charge is 0.316 e. The van der Waals surface area contributed by atoms with Gasteiger partial charge < -0.3 is 9.47 Å². The SMILES string of the molecule is C=CC[C@@]1(C(=O)OCC)C(C)=C[C@H](OC)C[C@@H]1C. The Morgan fingerprint density at radius 3 is 2.78 bits per heavy atom. The molecule has 0 N–H and O–H groups in total. The van der Waals surface area contributed by atoms with E-state index in [1.807, 2.05) is 19.9 Å². The normalized spacial score (nSPS) is 31.7. The summed E-state index contributed by atoms with van der Waals surface area (Å²) in [5, 5.41) is 0. The van der Waals surface area contributed by atoms with E-state index in [1.54, 1.807) is 13.2 Å². The summed E-state index contributed by atoms with van der Waals surface area (Å²) in [5.41, 5.74) is 0.471. The lowest BCUT2D eigenvalue weighted by molar-refractivity contribution is -0.157. The minimum atomic E-state index is -0.563. The summed E-state index contributed by atoms with van der Waals surface area (Å²) < 4.78 is 10.7. The van der Waals surface area contributed by atoms with E-state index >= 15 is 0 Å². The Kier molecular flexibility index (Phi) is 5.15. The molecule has 0 aromatic heterocycles. The van der Waals surface area contributed by atoms with Gasteiger partial charge in [0.1, 0.15) is 0 Å². The zero-order valence-electron chi connectivity index (χ0n) is 11.9. The van der Waals surface area contributed by atoms with Gasteiger partial charge in [0.2, 0.25) is 0 Å². The second kappa shape index (κ2) is 6.19. The largest absolute Gasteiger partial charge is 0.465 e. The Labute approximate surface area is 110 Å². The Hall–Kier alpha value is -1.09. The predicted octanol–water partition coefficient (Wildman–Crippen LogP) is 3.11. The van der Waals surface area contributed by atoms with Gasteiger partial charge in [-0.15, -0.1) is 6.58 Å². The maximum atomic E-state index is 12.4. The van der Waals surface area contributed by atoms with Crippen molar-refractivity contribution in [3.05, 3.63) is 24.3 Å². The molecule has 0 radical (unpaired) electrons. The van der Waals surface area contributed by atoms with Gasteiger partial charge in [-0.1, -0.05) is 24.6 Å². The number of ether oxygens (including phenoxy) is 2. The Balaban J connectivity index is 3.16. The molecule has 18 heavy (non-hydrogen) atoms. The minimum Gasteiger partial charge on any atom is -0.465 e. The van der Waals surface area contributed by atoms with Crippen molar-refractivity contribution < 1.29 is 14.3 Å². The highest BCUT2D eigenvalue weighted by molar-refractivity contribution is 5.81. The average molecular weight is 252 g/mol. The first kappa shape index (κ1) is 15.0. The van der Waals surface area contributed by atoms with Crippen LogP contribution in [-0.4, -0.2) is 25.8 Å². The topological polar surface area (TPSA) is 35.5 Å². The number of rotatable bonds is 5. The van der Waals surface area contributed by atoms with Gasteiger partial charge in [0, 0.05) is 7.11 Å². The molecule has 102 valence electrons. The van der Waals surface area contributed by atoms with Crippen molar-refractivity contribution in [2.45, 2.75) is 39.7 Å². The molecular weight excluding hydrogens is 228 g/mol. The van der Waals surface area contributed by atoms with Crippen molar-refractivity contribution in [2.75, 3.05) is 13.7 Å². The lowest BCUT2D eigenvalue weighted by Crippen LogP contribution is -2.44. The van der Waals surface area contributed by atoms with Crippen LogP contribution in [0, 0.1) is 11.3 Å². The third-order valence-corrected chi connectivity index (χ3v) is 3.98. The minimum absolute atomic E-state index is 0.0902. The summed E-state index contributed by atoms with van der Waals surface area (Å²) in [6.45, 7) is 10.1. The van der Waals surface area contributed by atoms with Crippen LogP contribution in [0.4, 0.5) is 0 Å². The molecule has 1 rings (SSSR count). The van der Waals surface area contributed by atoms with Crippen LogP contribution in [0.25, 0.3) is 0 Å². The number of carbonyl (C=O) groups excluding carboxylic acids is 1. The van der Waals surface area contributed by atoms with E-state index in [0.29, 0.717) is 13.0 Å². The van der Waals surface area contributed by atoms with Gasteiger partial charge in [0.25, 0.3) is 0 Å². The molecule has 1 aliphatic rings. The average Bonchev–Trinajstić information content (AvgIpc) is 2.33. The van der Waals surface area contributed by atoms with E-state index < -0.39 is 5.41 Å². The number of esters is 1. The molecule has 3 heteroatoms. The summed E-state index contributed by atoms with van der Waals surface area (Å²) >= 11 is 0. The van der Waals surface area contributed by atoms with Gasteiger partial charge in [0.05, 0.1) is 18.1 Å². The van der Waals surface area contributed by atoms with Gasteiger partial charge in [0.15, 0.2) is 0 Å². The molecule has 0 amide bonds. The second-order valence-electron chi connectivity index (χ2n) is 4.95. The molecule has 3 nitrogen and oxygen atoms in total. The molecular formula is C15H24O3. The third kappa shape index (κ3) is 2.51. The first-order valence-electron chi connectivity index (χ1n) is 6.52. The summed E-state index contributed by atoms with van der Waals surface area (Å²) in [4.78, 5) is 12.4. The highest BCUT2D eigenvalue weighted by Crippen LogP contribution is 2.46. The van der Waals surface area contributed by atoms with Crippen LogP contribution in [0.5, 0.6) is 0 Å². The van der Waals surface area contributed by atoms with Crippen LogP contribution in [0.15, 0.2) is 24.3 Å². The van der Waals surface area contributed by atoms with Gasteiger partial charge in [-0.2, -0.15) is 0 Å². The molecule has 0 saturated heterocycles. The van der Waals surface area contributed by atoms with E-state index in [2.05, 4.69) is 13.5 Å². The molecule has 0 bridgehead atoms. The van der Waals surface area contributed by atoms with E-state index in [4.69, 9.17) is 9.47 Å². The summed E-state index contributed by atoms with van der Waals surface area (Å²) in [6.07, 6.45) is 5.39. The highest BCUT2D eigenvalue weighted by atomic mass is 16.5. The second-order valence-corrected chi connectivity index (χ2v) is 4.95. The number of hydrogen-bond acceptors (Lipinski definition) is 3. The van der Waals surface area contributed by atoms with Crippen molar-refractivity contribution >= 4 is 5.97 Å². The standard InChI is InChI=1S/C15H24O3/c1-6-8-15(14(16)18-7-2)11(3)9-13(17-5)10-12(15)4/h6,9,12-13H,1,7-8,10H2,2-5H3/t12-,13-,15+/m0/s1. The number of methoxy groups -OCH3 is 1. The van der Waals surface area contributed by atoms with Crippen molar-refractivity contribution in [1.29, 1.82) is 0 Å². The molecule has 0 saturated carbocycles. The lowest BCUT2D eigenvalue weighted by Gasteiger charge is -2.42. The van der Waals surface area contributed by atoms with Crippen molar-refractivity contribution in [1.82, 2.24) is 0 Å². The molecule has 0 unspecified atom stereocenters. The van der Waals surface area contributed by atoms with Crippen LogP contribution in [-0.2, 0) is 14.3 Å². The molecule has 0 fully saturated rings. The molecule has 1 aliphatic carbocycles. The molecule has 0 spiro atoms. The van der Waals surface area contributed by atoms with Crippen LogP contribution in [0.2, 0.25) is 0 Å². The Morgan fingerprint density at radius 2 is 2.33 bits per heavy atom. The fraction of sp³-hybridized carbons (Fsp3) is 0.667. The quantitative estimate of drug-likeness (QED) is 0.557. The van der Waals surface area contributed by atoms with Crippen molar-refractivity contribution in [3.63, 3.8) is 0 Å². The fourth-order valence-electron chi connectivity index (χ4n) is 2.89. The monoisotopic (exact) mass is 252 g/mol. The summed E-state index contributed by atoms with van der Waals surface area (Å²) in [7, 11) is 1.70. The first-order valence-corrected chi connectivity index (χ1v) is 6.52. The molecule has 0 aliphatic heterocycles. The van der Waals surface area contributed by atoms with Crippen LogP contribution < -0.4 is 0 Å². The molecule has 3 atom stereocenters. The summed E-state index contributed by atoms with van der Waals surface area (Å²) in [6, 6.07) is 0. The number of carbonyl (C=O) groups is 1. The zero-order valence-corrected chi connectivity index (χ0v) is 11.9. The fourth-order valence-corrected chi connectivity index (χ4v) is 2.89. The molecule has 0 heterocycles. The maximum absolute atomic E-state index is 12.4. The van der Waals surface area contributed by atoms with E-state index in [0.717, 1.165) is 12.0 Å². The Morgan fingerprint density at radius 1 is 1.67 bits per heavy atom. The van der Waals surface area contributed by atoms with E-state index in [9.17, 15) is 4.79 Å². The first-order chi connectivity index (χ1) is 8.52. The Bertz CT molecular complexity index is 346. The van der Waals surface area contributed by atoms with Crippen LogP contribution >= 0.6 is 0 Å². The van der Waals surface area contributed by atoms with E-state index in [1.165, 1.54) is 0 Å². The van der Waals surface area contributed by atoms with Crippen LogP contribution in [0.3, 0.4) is 0 Å². The highest BCUT2D eigenvalue weighted by Gasteiger charge is 2.48. The maximum Gasteiger partial charge on any atom is 0.316 e. The molecule has 0 aromatic carbocycles. The molecule has 0 aromatic rings. The predicted molar refractivity (Wildman–Crippen MR) is 72.2 cm³/mol. The third-order valence-electron chi connectivity index (χ3n) is 3.98. The number of allylic oxidation sites excluding steroid dienone is 1. The van der Waals surface area contributed by atoms with Gasteiger partial charge >= 0.3 is 5.97 Å². The van der Waals surface area contributed by atoms with Gasteiger partial charge in [-0.25, -0.2) is 0 Å².